The van der Waals surface area contributed by atoms with Gasteiger partial charge < -0.3 is 0 Å². The smallest absolute Gasteiger partial charge is 0.165 e. The van der Waals surface area contributed by atoms with Crippen molar-refractivity contribution in [3.63, 3.8) is 0 Å². The molecule has 0 radical (unpaired) electrons. The van der Waals surface area contributed by atoms with Gasteiger partial charge in [-0.05, 0) is 35.4 Å². The Kier molecular flexibility index (Phi) is 5.21. The minimum atomic E-state index is 0.593. The van der Waals surface area contributed by atoms with Gasteiger partial charge in [0.15, 0.2) is 17.5 Å². The summed E-state index contributed by atoms with van der Waals surface area (Å²) in [6, 6.07) is 29.7. The lowest BCUT2D eigenvalue weighted by Gasteiger charge is -2.09. The second-order valence-corrected chi connectivity index (χ2v) is 7.44. The van der Waals surface area contributed by atoms with E-state index in [-0.39, 0.29) is 0 Å². The van der Waals surface area contributed by atoms with Crippen LogP contribution in [-0.4, -0.2) is 19.9 Å². The van der Waals surface area contributed by atoms with Gasteiger partial charge in [-0.3, -0.25) is 4.98 Å². The first-order valence-electron chi connectivity index (χ1n) is 9.84. The maximum atomic E-state index is 6.14. The van der Waals surface area contributed by atoms with Crippen LogP contribution in [0.2, 0.25) is 5.02 Å². The molecule has 0 saturated heterocycles. The SMILES string of the molecule is Clc1cccc(-c2ccc(-c3nc(-c4ccccc4)nc(-c4cccnc4)n3)cc2)c1. The summed E-state index contributed by atoms with van der Waals surface area (Å²) in [4.78, 5) is 18.4. The Labute approximate surface area is 185 Å². The molecule has 5 rings (SSSR count). The largest absolute Gasteiger partial charge is 0.264 e. The molecule has 148 valence electrons. The lowest BCUT2D eigenvalue weighted by molar-refractivity contribution is 1.07. The Morgan fingerprint density at radius 3 is 1.71 bits per heavy atom. The highest BCUT2D eigenvalue weighted by atomic mass is 35.5. The average molecular weight is 421 g/mol. The highest BCUT2D eigenvalue weighted by Gasteiger charge is 2.12. The topological polar surface area (TPSA) is 51.6 Å². The molecule has 0 N–H and O–H groups in total. The predicted octanol–water partition coefficient (Wildman–Crippen LogP) is 6.59. The van der Waals surface area contributed by atoms with Crippen molar-refractivity contribution in [2.75, 3.05) is 0 Å². The fourth-order valence-corrected chi connectivity index (χ4v) is 3.52. The van der Waals surface area contributed by atoms with Gasteiger partial charge in [-0.2, -0.15) is 0 Å². The van der Waals surface area contributed by atoms with Gasteiger partial charge in [0.25, 0.3) is 0 Å². The third-order valence-corrected chi connectivity index (χ3v) is 5.12. The molecule has 0 unspecified atom stereocenters. The van der Waals surface area contributed by atoms with Crippen LogP contribution in [0.25, 0.3) is 45.3 Å². The van der Waals surface area contributed by atoms with Crippen molar-refractivity contribution in [3.05, 3.63) is 108 Å². The zero-order valence-electron chi connectivity index (χ0n) is 16.5. The molecule has 0 aliphatic heterocycles. The van der Waals surface area contributed by atoms with E-state index in [0.717, 1.165) is 27.8 Å². The molecule has 0 bridgehead atoms. The number of hydrogen-bond donors (Lipinski definition) is 0. The van der Waals surface area contributed by atoms with Crippen LogP contribution in [-0.2, 0) is 0 Å². The average Bonchev–Trinajstić information content (AvgIpc) is 2.85. The van der Waals surface area contributed by atoms with Gasteiger partial charge in [0.05, 0.1) is 0 Å². The van der Waals surface area contributed by atoms with Gasteiger partial charge >= 0.3 is 0 Å². The van der Waals surface area contributed by atoms with Crippen molar-refractivity contribution in [2.45, 2.75) is 0 Å². The number of pyridine rings is 1. The number of rotatable bonds is 4. The van der Waals surface area contributed by atoms with E-state index in [1.807, 2.05) is 78.9 Å². The van der Waals surface area contributed by atoms with Gasteiger partial charge in [-0.15, -0.1) is 0 Å². The summed E-state index contributed by atoms with van der Waals surface area (Å²) in [5.74, 6) is 1.84. The van der Waals surface area contributed by atoms with Gasteiger partial charge in [-0.1, -0.05) is 78.3 Å². The van der Waals surface area contributed by atoms with Crippen LogP contribution in [0.3, 0.4) is 0 Å². The minimum Gasteiger partial charge on any atom is -0.264 e. The first kappa shape index (κ1) is 19.1. The van der Waals surface area contributed by atoms with E-state index in [9.17, 15) is 0 Å². The van der Waals surface area contributed by atoms with Crippen molar-refractivity contribution in [2.24, 2.45) is 0 Å². The van der Waals surface area contributed by atoms with Crippen LogP contribution in [0, 0.1) is 0 Å². The van der Waals surface area contributed by atoms with E-state index in [1.165, 1.54) is 0 Å². The van der Waals surface area contributed by atoms with Crippen LogP contribution >= 0.6 is 11.6 Å². The Bertz CT molecular complexity index is 1260. The lowest BCUT2D eigenvalue weighted by Crippen LogP contribution is -2.00. The quantitative estimate of drug-likeness (QED) is 0.329. The third-order valence-electron chi connectivity index (χ3n) is 4.89. The maximum absolute atomic E-state index is 6.14. The van der Waals surface area contributed by atoms with Crippen LogP contribution in [0.1, 0.15) is 0 Å². The zero-order chi connectivity index (χ0) is 21.0. The third kappa shape index (κ3) is 4.20. The molecule has 0 spiro atoms. The molecular weight excluding hydrogens is 404 g/mol. The number of aromatic nitrogens is 4. The van der Waals surface area contributed by atoms with Gasteiger partial charge in [0.1, 0.15) is 0 Å². The van der Waals surface area contributed by atoms with Gasteiger partial charge in [-0.25, -0.2) is 15.0 Å². The molecule has 4 nitrogen and oxygen atoms in total. The van der Waals surface area contributed by atoms with E-state index in [1.54, 1.807) is 12.4 Å². The molecule has 0 aliphatic rings. The van der Waals surface area contributed by atoms with E-state index < -0.39 is 0 Å². The summed E-state index contributed by atoms with van der Waals surface area (Å²) in [6.07, 6.45) is 3.49. The molecular formula is C26H17ClN4. The number of hydrogen-bond acceptors (Lipinski definition) is 4. The Morgan fingerprint density at radius 1 is 0.484 bits per heavy atom. The highest BCUT2D eigenvalue weighted by molar-refractivity contribution is 6.30. The lowest BCUT2D eigenvalue weighted by atomic mass is 10.0. The van der Waals surface area contributed by atoms with Crippen molar-refractivity contribution in [1.82, 2.24) is 19.9 Å². The van der Waals surface area contributed by atoms with Crippen molar-refractivity contribution in [3.8, 4) is 45.3 Å². The maximum Gasteiger partial charge on any atom is 0.165 e. The fraction of sp³-hybridized carbons (Fsp3) is 0. The Hall–Kier alpha value is -3.89. The molecule has 2 aromatic heterocycles. The van der Waals surface area contributed by atoms with Gasteiger partial charge in [0, 0.05) is 34.1 Å². The monoisotopic (exact) mass is 420 g/mol. The van der Waals surface area contributed by atoms with Crippen molar-refractivity contribution in [1.29, 1.82) is 0 Å². The fourth-order valence-electron chi connectivity index (χ4n) is 3.33. The summed E-state index contributed by atoms with van der Waals surface area (Å²) in [6.45, 7) is 0. The molecule has 0 atom stereocenters. The molecule has 0 amide bonds. The summed E-state index contributed by atoms with van der Waals surface area (Å²) < 4.78 is 0. The first-order chi connectivity index (χ1) is 15.3. The van der Waals surface area contributed by atoms with E-state index in [4.69, 9.17) is 26.6 Å². The summed E-state index contributed by atoms with van der Waals surface area (Å²) in [5, 5.41) is 0.715. The van der Waals surface area contributed by atoms with Crippen LogP contribution in [0.5, 0.6) is 0 Å². The molecule has 0 saturated carbocycles. The number of benzene rings is 3. The first-order valence-corrected chi connectivity index (χ1v) is 10.2. The second kappa shape index (κ2) is 8.46. The van der Waals surface area contributed by atoms with Crippen LogP contribution < -0.4 is 0 Å². The summed E-state index contributed by atoms with van der Waals surface area (Å²) in [5.41, 5.74) is 4.84. The Morgan fingerprint density at radius 2 is 1.06 bits per heavy atom. The number of halogens is 1. The molecule has 0 fully saturated rings. The number of nitrogens with zero attached hydrogens (tertiary/aromatic N) is 4. The van der Waals surface area contributed by atoms with E-state index in [2.05, 4.69) is 17.1 Å². The molecule has 5 aromatic rings. The van der Waals surface area contributed by atoms with Crippen molar-refractivity contribution < 1.29 is 0 Å². The van der Waals surface area contributed by atoms with Crippen molar-refractivity contribution >= 4 is 11.6 Å². The molecule has 3 aromatic carbocycles. The molecule has 2 heterocycles. The normalized spacial score (nSPS) is 10.7. The molecule has 5 heteroatoms. The summed E-state index contributed by atoms with van der Waals surface area (Å²) >= 11 is 6.14. The van der Waals surface area contributed by atoms with Crippen LogP contribution in [0.4, 0.5) is 0 Å². The standard InChI is InChI=1S/C26H17ClN4/c27-23-10-4-8-21(16-23)18-11-13-20(14-12-18)25-29-24(19-6-2-1-3-7-19)30-26(31-25)22-9-5-15-28-17-22/h1-17H. The predicted molar refractivity (Wildman–Crippen MR) is 124 cm³/mol. The van der Waals surface area contributed by atoms with Gasteiger partial charge in [0.2, 0.25) is 0 Å². The highest BCUT2D eigenvalue weighted by Crippen LogP contribution is 2.27. The van der Waals surface area contributed by atoms with E-state index in [0.29, 0.717) is 22.5 Å². The van der Waals surface area contributed by atoms with E-state index >= 15 is 0 Å². The summed E-state index contributed by atoms with van der Waals surface area (Å²) in [7, 11) is 0. The Balaban J connectivity index is 1.59. The van der Waals surface area contributed by atoms with Crippen LogP contribution in [0.15, 0.2) is 103 Å². The second-order valence-electron chi connectivity index (χ2n) is 7.00. The minimum absolute atomic E-state index is 0.593. The zero-order valence-corrected chi connectivity index (χ0v) is 17.2. The molecule has 0 aliphatic carbocycles. The molecule has 31 heavy (non-hydrogen) atoms.